The normalized spacial score (nSPS) is 22.9. The first-order chi connectivity index (χ1) is 8.76. The number of aliphatic hydroxyl groups is 1. The first kappa shape index (κ1) is 13.5. The van der Waals surface area contributed by atoms with Gasteiger partial charge in [-0.3, -0.25) is 4.90 Å². The average Bonchev–Trinajstić information content (AvgIpc) is 2.42. The van der Waals surface area contributed by atoms with E-state index in [1.807, 2.05) is 0 Å². The molecule has 0 spiro atoms. The van der Waals surface area contributed by atoms with Crippen LogP contribution in [0.4, 0.5) is 0 Å². The molecule has 0 bridgehead atoms. The van der Waals surface area contributed by atoms with Crippen molar-refractivity contribution in [1.29, 1.82) is 0 Å². The van der Waals surface area contributed by atoms with E-state index in [4.69, 9.17) is 10.5 Å². The standard InChI is InChI=1S/C14H22N2O2/c1-11-2-4-12(5-3-11)14(8-15)16-6-7-18-10-13(16)9-17/h2-5,13-14,17H,6-10,15H2,1H3. The number of hydrogen-bond donors (Lipinski definition) is 2. The average molecular weight is 250 g/mol. The second-order valence-corrected chi connectivity index (χ2v) is 4.81. The fourth-order valence-corrected chi connectivity index (χ4v) is 2.49. The van der Waals surface area contributed by atoms with Gasteiger partial charge < -0.3 is 15.6 Å². The van der Waals surface area contributed by atoms with Crippen molar-refractivity contribution >= 4 is 0 Å². The Morgan fingerprint density at radius 2 is 2.17 bits per heavy atom. The molecule has 2 rings (SSSR count). The van der Waals surface area contributed by atoms with Crippen LogP contribution in [0.25, 0.3) is 0 Å². The highest BCUT2D eigenvalue weighted by Gasteiger charge is 2.29. The Morgan fingerprint density at radius 3 is 2.78 bits per heavy atom. The maximum absolute atomic E-state index is 9.43. The van der Waals surface area contributed by atoms with Crippen molar-refractivity contribution in [3.05, 3.63) is 35.4 Å². The summed E-state index contributed by atoms with van der Waals surface area (Å²) in [6.07, 6.45) is 0. The minimum atomic E-state index is 0.0496. The molecule has 1 aliphatic heterocycles. The van der Waals surface area contributed by atoms with Crippen molar-refractivity contribution in [2.45, 2.75) is 19.0 Å². The number of aliphatic hydroxyl groups excluding tert-OH is 1. The van der Waals surface area contributed by atoms with Crippen molar-refractivity contribution < 1.29 is 9.84 Å². The summed E-state index contributed by atoms with van der Waals surface area (Å²) >= 11 is 0. The molecular weight excluding hydrogens is 228 g/mol. The highest BCUT2D eigenvalue weighted by atomic mass is 16.5. The van der Waals surface area contributed by atoms with Gasteiger partial charge in [-0.05, 0) is 12.5 Å². The molecule has 1 aliphatic rings. The van der Waals surface area contributed by atoms with Crippen LogP contribution in [0, 0.1) is 6.92 Å². The fraction of sp³-hybridized carbons (Fsp3) is 0.571. The summed E-state index contributed by atoms with van der Waals surface area (Å²) in [5.74, 6) is 0. The van der Waals surface area contributed by atoms with E-state index in [0.717, 1.165) is 6.54 Å². The van der Waals surface area contributed by atoms with Crippen LogP contribution in [0.1, 0.15) is 17.2 Å². The number of morpholine rings is 1. The van der Waals surface area contributed by atoms with Gasteiger partial charge in [-0.25, -0.2) is 0 Å². The predicted octanol–water partition coefficient (Wildman–Crippen LogP) is 0.688. The number of rotatable bonds is 4. The first-order valence-electron chi connectivity index (χ1n) is 6.47. The lowest BCUT2D eigenvalue weighted by Crippen LogP contribution is -2.50. The minimum Gasteiger partial charge on any atom is -0.395 e. The Morgan fingerprint density at radius 1 is 1.44 bits per heavy atom. The van der Waals surface area contributed by atoms with Gasteiger partial charge in [0.1, 0.15) is 0 Å². The Bertz CT molecular complexity index is 367. The SMILES string of the molecule is Cc1ccc(C(CN)N2CCOCC2CO)cc1. The molecule has 4 heteroatoms. The summed E-state index contributed by atoms with van der Waals surface area (Å²) in [6, 6.07) is 8.66. The molecule has 0 aliphatic carbocycles. The van der Waals surface area contributed by atoms with Gasteiger partial charge in [0.25, 0.3) is 0 Å². The molecule has 100 valence electrons. The lowest BCUT2D eigenvalue weighted by Gasteiger charge is -2.40. The molecule has 0 aromatic heterocycles. The van der Waals surface area contributed by atoms with Crippen LogP contribution < -0.4 is 5.73 Å². The Balaban J connectivity index is 2.18. The maximum atomic E-state index is 9.43. The molecule has 1 fully saturated rings. The third-order valence-corrected chi connectivity index (χ3v) is 3.57. The van der Waals surface area contributed by atoms with Crippen LogP contribution in [-0.4, -0.2) is 49.0 Å². The number of ether oxygens (including phenoxy) is 1. The van der Waals surface area contributed by atoms with Crippen LogP contribution in [0.5, 0.6) is 0 Å². The molecule has 0 amide bonds. The minimum absolute atomic E-state index is 0.0496. The fourth-order valence-electron chi connectivity index (χ4n) is 2.49. The van der Waals surface area contributed by atoms with Crippen molar-refractivity contribution in [2.24, 2.45) is 5.73 Å². The summed E-state index contributed by atoms with van der Waals surface area (Å²) in [6.45, 7) is 4.85. The zero-order valence-corrected chi connectivity index (χ0v) is 10.9. The number of nitrogens with zero attached hydrogens (tertiary/aromatic N) is 1. The van der Waals surface area contributed by atoms with Crippen molar-refractivity contribution in [2.75, 3.05) is 32.9 Å². The Kier molecular flexibility index (Phi) is 4.72. The maximum Gasteiger partial charge on any atom is 0.0645 e. The molecule has 4 nitrogen and oxygen atoms in total. The smallest absolute Gasteiger partial charge is 0.0645 e. The molecular formula is C14H22N2O2. The van der Waals surface area contributed by atoms with Crippen LogP contribution in [-0.2, 0) is 4.74 Å². The molecule has 2 unspecified atom stereocenters. The lowest BCUT2D eigenvalue weighted by molar-refractivity contribution is -0.0463. The van der Waals surface area contributed by atoms with E-state index in [0.29, 0.717) is 19.8 Å². The largest absolute Gasteiger partial charge is 0.395 e. The molecule has 1 aromatic rings. The molecule has 2 atom stereocenters. The van der Waals surface area contributed by atoms with Crippen molar-refractivity contribution in [3.63, 3.8) is 0 Å². The summed E-state index contributed by atoms with van der Waals surface area (Å²) in [5, 5.41) is 9.43. The van der Waals surface area contributed by atoms with E-state index < -0.39 is 0 Å². The zero-order chi connectivity index (χ0) is 13.0. The second kappa shape index (κ2) is 6.29. The summed E-state index contributed by atoms with van der Waals surface area (Å²) in [4.78, 5) is 2.26. The molecule has 0 saturated carbocycles. The monoisotopic (exact) mass is 250 g/mol. The Hall–Kier alpha value is -0.940. The number of benzene rings is 1. The number of hydrogen-bond acceptors (Lipinski definition) is 4. The molecule has 1 aromatic carbocycles. The van der Waals surface area contributed by atoms with E-state index in [1.54, 1.807) is 0 Å². The van der Waals surface area contributed by atoms with E-state index in [1.165, 1.54) is 11.1 Å². The second-order valence-electron chi connectivity index (χ2n) is 4.81. The van der Waals surface area contributed by atoms with E-state index in [9.17, 15) is 5.11 Å². The van der Waals surface area contributed by atoms with Gasteiger partial charge in [0.05, 0.1) is 25.9 Å². The molecule has 1 heterocycles. The summed E-state index contributed by atoms with van der Waals surface area (Å²) < 4.78 is 5.41. The van der Waals surface area contributed by atoms with Gasteiger partial charge >= 0.3 is 0 Å². The van der Waals surface area contributed by atoms with E-state index in [2.05, 4.69) is 36.1 Å². The number of nitrogens with two attached hydrogens (primary N) is 1. The first-order valence-corrected chi connectivity index (χ1v) is 6.47. The van der Waals surface area contributed by atoms with E-state index in [-0.39, 0.29) is 18.7 Å². The van der Waals surface area contributed by atoms with Crippen LogP contribution in [0.2, 0.25) is 0 Å². The van der Waals surface area contributed by atoms with Crippen molar-refractivity contribution in [1.82, 2.24) is 4.90 Å². The number of aryl methyl sites for hydroxylation is 1. The van der Waals surface area contributed by atoms with Gasteiger partial charge in [-0.2, -0.15) is 0 Å². The van der Waals surface area contributed by atoms with E-state index >= 15 is 0 Å². The lowest BCUT2D eigenvalue weighted by atomic mass is 10.0. The molecule has 0 radical (unpaired) electrons. The van der Waals surface area contributed by atoms with Gasteiger partial charge in [-0.1, -0.05) is 29.8 Å². The van der Waals surface area contributed by atoms with Gasteiger partial charge in [0.15, 0.2) is 0 Å². The zero-order valence-electron chi connectivity index (χ0n) is 10.9. The quantitative estimate of drug-likeness (QED) is 0.825. The third-order valence-electron chi connectivity index (χ3n) is 3.57. The topological polar surface area (TPSA) is 58.7 Å². The molecule has 18 heavy (non-hydrogen) atoms. The van der Waals surface area contributed by atoms with Crippen molar-refractivity contribution in [3.8, 4) is 0 Å². The van der Waals surface area contributed by atoms with Gasteiger partial charge in [0, 0.05) is 19.1 Å². The highest BCUT2D eigenvalue weighted by molar-refractivity contribution is 5.24. The van der Waals surface area contributed by atoms with Crippen LogP contribution in [0.15, 0.2) is 24.3 Å². The molecule has 1 saturated heterocycles. The molecule has 3 N–H and O–H groups in total. The predicted molar refractivity (Wildman–Crippen MR) is 71.4 cm³/mol. The van der Waals surface area contributed by atoms with Crippen LogP contribution >= 0.6 is 0 Å². The summed E-state index contributed by atoms with van der Waals surface area (Å²) in [7, 11) is 0. The third kappa shape index (κ3) is 2.90. The highest BCUT2D eigenvalue weighted by Crippen LogP contribution is 2.24. The van der Waals surface area contributed by atoms with Gasteiger partial charge in [-0.15, -0.1) is 0 Å². The Labute approximate surface area is 108 Å². The van der Waals surface area contributed by atoms with Crippen LogP contribution in [0.3, 0.4) is 0 Å². The van der Waals surface area contributed by atoms with Gasteiger partial charge in [0.2, 0.25) is 0 Å². The summed E-state index contributed by atoms with van der Waals surface area (Å²) in [5.41, 5.74) is 8.38.